The first kappa shape index (κ1) is 12.8. The fourth-order valence-corrected chi connectivity index (χ4v) is 1.91. The number of nitrogens with one attached hydrogen (secondary N) is 1. The third-order valence-electron chi connectivity index (χ3n) is 2.83. The Kier molecular flexibility index (Phi) is 5.67. The first-order valence-electron chi connectivity index (χ1n) is 6.01. The van der Waals surface area contributed by atoms with Crippen LogP contribution in [0.3, 0.4) is 0 Å². The summed E-state index contributed by atoms with van der Waals surface area (Å²) in [4.78, 5) is 24.0. The molecule has 0 aromatic heterocycles. The number of amides is 3. The number of nitrogens with two attached hydrogens (primary N) is 1. The Morgan fingerprint density at radius 1 is 1.12 bits per heavy atom. The van der Waals surface area contributed by atoms with E-state index in [2.05, 4.69) is 5.32 Å². The zero-order chi connectivity index (χ0) is 11.8. The van der Waals surface area contributed by atoms with Crippen molar-refractivity contribution in [2.75, 3.05) is 19.6 Å². The van der Waals surface area contributed by atoms with E-state index >= 15 is 0 Å². The molecule has 0 radical (unpaired) electrons. The smallest absolute Gasteiger partial charge is 0.312 e. The second-order valence-electron chi connectivity index (χ2n) is 4.19. The van der Waals surface area contributed by atoms with Gasteiger partial charge in [0, 0.05) is 26.1 Å². The molecule has 16 heavy (non-hydrogen) atoms. The van der Waals surface area contributed by atoms with Gasteiger partial charge < -0.3 is 16.0 Å². The number of urea groups is 1. The SMILES string of the molecule is NC(=O)NCCCCC(=O)N1CCCCC1. The number of unbranched alkanes of at least 4 members (excludes halogenated alkanes) is 1. The van der Waals surface area contributed by atoms with E-state index < -0.39 is 6.03 Å². The van der Waals surface area contributed by atoms with Crippen molar-refractivity contribution in [1.82, 2.24) is 10.2 Å². The average Bonchev–Trinajstić information content (AvgIpc) is 2.29. The van der Waals surface area contributed by atoms with Crippen molar-refractivity contribution in [2.45, 2.75) is 38.5 Å². The van der Waals surface area contributed by atoms with Crippen LogP contribution >= 0.6 is 0 Å². The van der Waals surface area contributed by atoms with Crippen LogP contribution < -0.4 is 11.1 Å². The lowest BCUT2D eigenvalue weighted by Crippen LogP contribution is -2.35. The fourth-order valence-electron chi connectivity index (χ4n) is 1.91. The van der Waals surface area contributed by atoms with E-state index in [-0.39, 0.29) is 5.91 Å². The topological polar surface area (TPSA) is 75.4 Å². The standard InChI is InChI=1S/C11H21N3O2/c12-11(16)13-7-3-2-6-10(15)14-8-4-1-5-9-14/h1-9H2,(H3,12,13,16). The second kappa shape index (κ2) is 7.09. The molecule has 3 N–H and O–H groups in total. The first-order valence-corrected chi connectivity index (χ1v) is 6.01. The van der Waals surface area contributed by atoms with E-state index in [0.717, 1.165) is 38.8 Å². The maximum Gasteiger partial charge on any atom is 0.312 e. The van der Waals surface area contributed by atoms with Gasteiger partial charge in [0.25, 0.3) is 0 Å². The molecule has 1 heterocycles. The van der Waals surface area contributed by atoms with Crippen molar-refractivity contribution in [3.8, 4) is 0 Å². The van der Waals surface area contributed by atoms with Gasteiger partial charge in [0.2, 0.25) is 5.91 Å². The number of hydrogen-bond donors (Lipinski definition) is 2. The molecule has 92 valence electrons. The van der Waals surface area contributed by atoms with Gasteiger partial charge in [-0.15, -0.1) is 0 Å². The van der Waals surface area contributed by atoms with Gasteiger partial charge in [0.05, 0.1) is 0 Å². The fraction of sp³-hybridized carbons (Fsp3) is 0.818. The summed E-state index contributed by atoms with van der Waals surface area (Å²) in [7, 11) is 0. The van der Waals surface area contributed by atoms with Gasteiger partial charge in [-0.25, -0.2) is 4.79 Å². The largest absolute Gasteiger partial charge is 0.352 e. The summed E-state index contributed by atoms with van der Waals surface area (Å²) in [5.41, 5.74) is 4.93. The van der Waals surface area contributed by atoms with Crippen molar-refractivity contribution in [3.05, 3.63) is 0 Å². The van der Waals surface area contributed by atoms with Crippen LogP contribution in [0.5, 0.6) is 0 Å². The van der Waals surface area contributed by atoms with Crippen molar-refractivity contribution in [1.29, 1.82) is 0 Å². The number of carbonyl (C=O) groups excluding carboxylic acids is 2. The van der Waals surface area contributed by atoms with E-state index in [1.807, 2.05) is 4.90 Å². The van der Waals surface area contributed by atoms with E-state index in [4.69, 9.17) is 5.73 Å². The van der Waals surface area contributed by atoms with Crippen LogP contribution in [0.2, 0.25) is 0 Å². The van der Waals surface area contributed by atoms with Crippen LogP contribution in [0.4, 0.5) is 4.79 Å². The van der Waals surface area contributed by atoms with E-state index in [0.29, 0.717) is 13.0 Å². The van der Waals surface area contributed by atoms with Gasteiger partial charge in [-0.2, -0.15) is 0 Å². The van der Waals surface area contributed by atoms with E-state index in [1.165, 1.54) is 6.42 Å². The molecule has 0 atom stereocenters. The lowest BCUT2D eigenvalue weighted by molar-refractivity contribution is -0.132. The van der Waals surface area contributed by atoms with Crippen LogP contribution in [0.15, 0.2) is 0 Å². The molecule has 1 aliphatic heterocycles. The molecule has 3 amide bonds. The molecule has 1 saturated heterocycles. The van der Waals surface area contributed by atoms with Crippen molar-refractivity contribution in [3.63, 3.8) is 0 Å². The van der Waals surface area contributed by atoms with Crippen LogP contribution in [0.25, 0.3) is 0 Å². The van der Waals surface area contributed by atoms with Crippen LogP contribution in [0, 0.1) is 0 Å². The minimum absolute atomic E-state index is 0.249. The van der Waals surface area contributed by atoms with E-state index in [1.54, 1.807) is 0 Å². The molecule has 0 saturated carbocycles. The molecule has 1 aliphatic rings. The van der Waals surface area contributed by atoms with Crippen molar-refractivity contribution in [2.24, 2.45) is 5.73 Å². The molecule has 0 aliphatic carbocycles. The molecule has 5 nitrogen and oxygen atoms in total. The predicted octanol–water partition coefficient (Wildman–Crippen LogP) is 0.837. The predicted molar refractivity (Wildman–Crippen MR) is 61.9 cm³/mol. The first-order chi connectivity index (χ1) is 7.70. The molecule has 0 bridgehead atoms. The molecule has 1 rings (SSSR count). The van der Waals surface area contributed by atoms with Gasteiger partial charge in [-0.3, -0.25) is 4.79 Å². The Bertz CT molecular complexity index is 237. The summed E-state index contributed by atoms with van der Waals surface area (Å²) in [5, 5.41) is 2.51. The Morgan fingerprint density at radius 2 is 1.81 bits per heavy atom. The molecule has 0 aromatic rings. The Labute approximate surface area is 96.4 Å². The van der Waals surface area contributed by atoms with Gasteiger partial charge in [-0.05, 0) is 32.1 Å². The summed E-state index contributed by atoms with van der Waals surface area (Å²) in [6.45, 7) is 2.39. The molecule has 0 spiro atoms. The van der Waals surface area contributed by atoms with Crippen molar-refractivity contribution >= 4 is 11.9 Å². The molecule has 5 heteroatoms. The lowest BCUT2D eigenvalue weighted by Gasteiger charge is -2.26. The molecule has 0 aromatic carbocycles. The number of carbonyl (C=O) groups is 2. The van der Waals surface area contributed by atoms with Crippen molar-refractivity contribution < 1.29 is 9.59 Å². The maximum atomic E-state index is 11.7. The number of primary amides is 1. The second-order valence-corrected chi connectivity index (χ2v) is 4.19. The summed E-state index contributed by atoms with van der Waals surface area (Å²) in [6, 6.07) is -0.498. The van der Waals surface area contributed by atoms with Crippen LogP contribution in [-0.4, -0.2) is 36.5 Å². The Morgan fingerprint density at radius 3 is 2.44 bits per heavy atom. The van der Waals surface area contributed by atoms with E-state index in [9.17, 15) is 9.59 Å². The third kappa shape index (κ3) is 5.00. The Balaban J connectivity index is 2.03. The quantitative estimate of drug-likeness (QED) is 0.683. The minimum Gasteiger partial charge on any atom is -0.352 e. The highest BCUT2D eigenvalue weighted by Gasteiger charge is 2.15. The van der Waals surface area contributed by atoms with Gasteiger partial charge >= 0.3 is 6.03 Å². The Hall–Kier alpha value is -1.26. The van der Waals surface area contributed by atoms with Gasteiger partial charge in [-0.1, -0.05) is 0 Å². The highest BCUT2D eigenvalue weighted by molar-refractivity contribution is 5.76. The number of nitrogens with zero attached hydrogens (tertiary/aromatic N) is 1. The molecular formula is C11H21N3O2. The molecule has 1 fully saturated rings. The number of rotatable bonds is 5. The highest BCUT2D eigenvalue weighted by Crippen LogP contribution is 2.10. The zero-order valence-electron chi connectivity index (χ0n) is 9.71. The van der Waals surface area contributed by atoms with Gasteiger partial charge in [0.1, 0.15) is 0 Å². The minimum atomic E-state index is -0.498. The number of piperidine rings is 1. The summed E-state index contributed by atoms with van der Waals surface area (Å²) < 4.78 is 0. The molecule has 0 unspecified atom stereocenters. The van der Waals surface area contributed by atoms with Gasteiger partial charge in [0.15, 0.2) is 0 Å². The summed E-state index contributed by atoms with van der Waals surface area (Å²) in [5.74, 6) is 0.249. The third-order valence-corrected chi connectivity index (χ3v) is 2.83. The maximum absolute atomic E-state index is 11.7. The zero-order valence-corrected chi connectivity index (χ0v) is 9.71. The van der Waals surface area contributed by atoms with Crippen LogP contribution in [-0.2, 0) is 4.79 Å². The highest BCUT2D eigenvalue weighted by atomic mass is 16.2. The monoisotopic (exact) mass is 227 g/mol. The lowest BCUT2D eigenvalue weighted by atomic mass is 10.1. The summed E-state index contributed by atoms with van der Waals surface area (Å²) >= 11 is 0. The normalized spacial score (nSPS) is 15.9. The molecular weight excluding hydrogens is 206 g/mol. The van der Waals surface area contributed by atoms with Crippen LogP contribution in [0.1, 0.15) is 38.5 Å². The number of likely N-dealkylation sites (tertiary alicyclic amines) is 1. The average molecular weight is 227 g/mol. The number of hydrogen-bond acceptors (Lipinski definition) is 2. The summed E-state index contributed by atoms with van der Waals surface area (Å²) in [6.07, 6.45) is 5.72.